The van der Waals surface area contributed by atoms with Gasteiger partial charge in [0.05, 0.1) is 0 Å². The van der Waals surface area contributed by atoms with Crippen LogP contribution < -0.4 is 0 Å². The SMILES string of the molecule is CC(C)c1ccc(C(=O)N2CCC(c3cc4cc(Cl)ccc4[nH]3)CC2)cc1. The molecule has 1 N–H and O–H groups in total. The molecule has 0 spiro atoms. The Balaban J connectivity index is 1.42. The molecule has 3 nitrogen and oxygen atoms in total. The molecule has 4 heteroatoms. The normalized spacial score (nSPS) is 15.6. The molecule has 1 amide bonds. The number of carbonyl (C=O) groups excluding carboxylic acids is 1. The number of piperidine rings is 1. The maximum atomic E-state index is 12.8. The third-order valence-corrected chi connectivity index (χ3v) is 5.89. The lowest BCUT2D eigenvalue weighted by Crippen LogP contribution is -2.38. The smallest absolute Gasteiger partial charge is 0.253 e. The standard InChI is InChI=1S/C23H25ClN2O/c1-15(2)16-3-5-18(6-4-16)23(27)26-11-9-17(10-12-26)22-14-19-13-20(24)7-8-21(19)25-22/h3-8,13-15,17,25H,9-12H2,1-2H3. The van der Waals surface area contributed by atoms with Crippen LogP contribution in [0.5, 0.6) is 0 Å². The molecule has 1 saturated heterocycles. The summed E-state index contributed by atoms with van der Waals surface area (Å²) in [6.07, 6.45) is 1.97. The summed E-state index contributed by atoms with van der Waals surface area (Å²) in [7, 11) is 0. The predicted octanol–water partition coefficient (Wildman–Crippen LogP) is 5.96. The lowest BCUT2D eigenvalue weighted by molar-refractivity contribution is 0.0712. The Labute approximate surface area is 165 Å². The van der Waals surface area contributed by atoms with E-state index in [0.29, 0.717) is 11.8 Å². The average molecular weight is 381 g/mol. The Kier molecular flexibility index (Phi) is 4.96. The molecule has 0 unspecified atom stereocenters. The quantitative estimate of drug-likeness (QED) is 0.597. The van der Waals surface area contributed by atoms with Crippen molar-refractivity contribution in [3.63, 3.8) is 0 Å². The third kappa shape index (κ3) is 3.74. The highest BCUT2D eigenvalue weighted by Crippen LogP contribution is 2.31. The first-order valence-electron chi connectivity index (χ1n) is 9.68. The van der Waals surface area contributed by atoms with Crippen LogP contribution in [0.3, 0.4) is 0 Å². The molecule has 140 valence electrons. The van der Waals surface area contributed by atoms with E-state index in [-0.39, 0.29) is 5.91 Å². The van der Waals surface area contributed by atoms with Crippen molar-refractivity contribution in [3.05, 3.63) is 70.4 Å². The van der Waals surface area contributed by atoms with Crippen LogP contribution >= 0.6 is 11.6 Å². The van der Waals surface area contributed by atoms with Crippen molar-refractivity contribution >= 4 is 28.4 Å². The first kappa shape index (κ1) is 18.1. The second kappa shape index (κ2) is 7.40. The molecule has 1 aliphatic heterocycles. The third-order valence-electron chi connectivity index (χ3n) is 5.65. The summed E-state index contributed by atoms with van der Waals surface area (Å²) in [4.78, 5) is 18.3. The van der Waals surface area contributed by atoms with Crippen molar-refractivity contribution in [3.8, 4) is 0 Å². The Morgan fingerprint density at radius 1 is 1.07 bits per heavy atom. The molecular weight excluding hydrogens is 356 g/mol. The molecule has 1 aliphatic rings. The maximum absolute atomic E-state index is 12.8. The van der Waals surface area contributed by atoms with E-state index >= 15 is 0 Å². The molecule has 0 bridgehead atoms. The van der Waals surface area contributed by atoms with Crippen molar-refractivity contribution in [1.82, 2.24) is 9.88 Å². The van der Waals surface area contributed by atoms with Gasteiger partial charge in [0.2, 0.25) is 0 Å². The number of fused-ring (bicyclic) bond motifs is 1. The number of nitrogens with one attached hydrogen (secondary N) is 1. The fourth-order valence-corrected chi connectivity index (χ4v) is 4.11. The zero-order valence-corrected chi connectivity index (χ0v) is 16.6. The van der Waals surface area contributed by atoms with Gasteiger partial charge >= 0.3 is 0 Å². The van der Waals surface area contributed by atoms with Gasteiger partial charge in [-0.1, -0.05) is 37.6 Å². The van der Waals surface area contributed by atoms with Crippen LogP contribution in [-0.2, 0) is 0 Å². The van der Waals surface area contributed by atoms with E-state index in [0.717, 1.165) is 47.4 Å². The molecule has 0 atom stereocenters. The number of benzene rings is 2. The topological polar surface area (TPSA) is 36.1 Å². The van der Waals surface area contributed by atoms with Gasteiger partial charge in [-0.3, -0.25) is 4.79 Å². The number of carbonyl (C=O) groups is 1. The summed E-state index contributed by atoms with van der Waals surface area (Å²) in [5.74, 6) is 1.09. The Morgan fingerprint density at radius 3 is 2.44 bits per heavy atom. The maximum Gasteiger partial charge on any atom is 0.253 e. The molecule has 3 aromatic rings. The first-order chi connectivity index (χ1) is 13.0. The summed E-state index contributed by atoms with van der Waals surface area (Å²) in [6.45, 7) is 5.93. The second-order valence-corrected chi connectivity index (χ2v) is 8.24. The van der Waals surface area contributed by atoms with Crippen molar-refractivity contribution in [2.75, 3.05) is 13.1 Å². The predicted molar refractivity (Wildman–Crippen MR) is 112 cm³/mol. The lowest BCUT2D eigenvalue weighted by Gasteiger charge is -2.31. The van der Waals surface area contributed by atoms with Crippen molar-refractivity contribution < 1.29 is 4.79 Å². The zero-order valence-electron chi connectivity index (χ0n) is 15.8. The molecular formula is C23H25ClN2O. The van der Waals surface area contributed by atoms with Crippen LogP contribution in [0.2, 0.25) is 5.02 Å². The summed E-state index contributed by atoms with van der Waals surface area (Å²) in [6, 6.07) is 16.2. The fourth-order valence-electron chi connectivity index (χ4n) is 3.93. The van der Waals surface area contributed by atoms with Crippen molar-refractivity contribution in [1.29, 1.82) is 0 Å². The minimum atomic E-state index is 0.146. The largest absolute Gasteiger partial charge is 0.358 e. The number of hydrogen-bond acceptors (Lipinski definition) is 1. The highest BCUT2D eigenvalue weighted by Gasteiger charge is 2.25. The van der Waals surface area contributed by atoms with Gasteiger partial charge in [0.15, 0.2) is 0 Å². The van der Waals surface area contributed by atoms with E-state index in [4.69, 9.17) is 11.6 Å². The Hall–Kier alpha value is -2.26. The van der Waals surface area contributed by atoms with Crippen LogP contribution in [-0.4, -0.2) is 28.9 Å². The van der Waals surface area contributed by atoms with Crippen molar-refractivity contribution in [2.45, 2.75) is 38.5 Å². The van der Waals surface area contributed by atoms with Gasteiger partial charge in [0.1, 0.15) is 0 Å². The molecule has 4 rings (SSSR count). The number of nitrogens with zero attached hydrogens (tertiary/aromatic N) is 1. The van der Waals surface area contributed by atoms with E-state index in [9.17, 15) is 4.79 Å². The zero-order chi connectivity index (χ0) is 19.0. The Bertz CT molecular complexity index is 950. The number of amides is 1. The van der Waals surface area contributed by atoms with Crippen LogP contribution in [0.25, 0.3) is 10.9 Å². The monoisotopic (exact) mass is 380 g/mol. The van der Waals surface area contributed by atoms with Gasteiger partial charge < -0.3 is 9.88 Å². The van der Waals surface area contributed by atoms with E-state index < -0.39 is 0 Å². The van der Waals surface area contributed by atoms with Gasteiger partial charge in [0.25, 0.3) is 5.91 Å². The molecule has 1 aromatic heterocycles. The minimum Gasteiger partial charge on any atom is -0.358 e. The van der Waals surface area contributed by atoms with Gasteiger partial charge in [-0.05, 0) is 60.7 Å². The van der Waals surface area contributed by atoms with Gasteiger partial charge in [-0.25, -0.2) is 0 Å². The summed E-state index contributed by atoms with van der Waals surface area (Å²) >= 11 is 6.09. The molecule has 0 radical (unpaired) electrons. The fraction of sp³-hybridized carbons (Fsp3) is 0.348. The first-order valence-corrected chi connectivity index (χ1v) is 10.1. The number of halogens is 1. The van der Waals surface area contributed by atoms with Crippen LogP contribution in [0.4, 0.5) is 0 Å². The molecule has 2 heterocycles. The van der Waals surface area contributed by atoms with Crippen molar-refractivity contribution in [2.24, 2.45) is 0 Å². The van der Waals surface area contributed by atoms with Gasteiger partial charge in [-0.15, -0.1) is 0 Å². The number of rotatable bonds is 3. The van der Waals surface area contributed by atoms with E-state index in [1.807, 2.05) is 35.2 Å². The van der Waals surface area contributed by atoms with Crippen LogP contribution in [0, 0.1) is 0 Å². The number of aromatic amines is 1. The number of H-pyrrole nitrogens is 1. The minimum absolute atomic E-state index is 0.146. The van der Waals surface area contributed by atoms with Crippen LogP contribution in [0.15, 0.2) is 48.5 Å². The number of likely N-dealkylation sites (tertiary alicyclic amines) is 1. The Morgan fingerprint density at radius 2 is 1.78 bits per heavy atom. The molecule has 0 aliphatic carbocycles. The highest BCUT2D eigenvalue weighted by molar-refractivity contribution is 6.31. The lowest BCUT2D eigenvalue weighted by atomic mass is 9.93. The molecule has 1 fully saturated rings. The second-order valence-electron chi connectivity index (χ2n) is 7.80. The number of aromatic nitrogens is 1. The molecule has 2 aromatic carbocycles. The summed E-state index contributed by atoms with van der Waals surface area (Å²) < 4.78 is 0. The summed E-state index contributed by atoms with van der Waals surface area (Å²) in [5, 5.41) is 1.91. The summed E-state index contributed by atoms with van der Waals surface area (Å²) in [5.41, 5.74) is 4.43. The van der Waals surface area contributed by atoms with E-state index in [1.165, 1.54) is 11.3 Å². The number of hydrogen-bond donors (Lipinski definition) is 1. The van der Waals surface area contributed by atoms with Crippen LogP contribution in [0.1, 0.15) is 60.1 Å². The highest BCUT2D eigenvalue weighted by atomic mass is 35.5. The van der Waals surface area contributed by atoms with Gasteiger partial charge in [-0.2, -0.15) is 0 Å². The average Bonchev–Trinajstić information content (AvgIpc) is 3.11. The van der Waals surface area contributed by atoms with E-state index in [2.05, 4.69) is 37.0 Å². The molecule has 0 saturated carbocycles. The van der Waals surface area contributed by atoms with Gasteiger partial charge in [0, 0.05) is 46.2 Å². The van der Waals surface area contributed by atoms with E-state index in [1.54, 1.807) is 0 Å². The molecule has 27 heavy (non-hydrogen) atoms.